The molecule has 0 bridgehead atoms. The van der Waals surface area contributed by atoms with Gasteiger partial charge in [-0.1, -0.05) is 50.6 Å². The quantitative estimate of drug-likeness (QED) is 0.649. The van der Waals surface area contributed by atoms with Crippen LogP contribution in [0.5, 0.6) is 0 Å². The highest BCUT2D eigenvalue weighted by atomic mass is 16.4. The van der Waals surface area contributed by atoms with Crippen molar-refractivity contribution in [2.75, 3.05) is 33.2 Å². The van der Waals surface area contributed by atoms with Gasteiger partial charge in [-0.2, -0.15) is 0 Å². The van der Waals surface area contributed by atoms with E-state index in [1.807, 2.05) is 13.2 Å². The predicted molar refractivity (Wildman–Crippen MR) is 113 cm³/mol. The van der Waals surface area contributed by atoms with Crippen LogP contribution in [0.25, 0.3) is 0 Å². The Balaban J connectivity index is 1.49. The van der Waals surface area contributed by atoms with Gasteiger partial charge in [-0.15, -0.1) is 0 Å². The molecule has 0 saturated carbocycles. The van der Waals surface area contributed by atoms with Gasteiger partial charge < -0.3 is 14.6 Å². The van der Waals surface area contributed by atoms with Crippen molar-refractivity contribution < 1.29 is 4.42 Å². The zero-order valence-corrected chi connectivity index (χ0v) is 17.8. The third-order valence-corrected chi connectivity index (χ3v) is 5.06. The predicted octanol–water partition coefficient (Wildman–Crippen LogP) is 3.17. The van der Waals surface area contributed by atoms with Crippen LogP contribution in [0.3, 0.4) is 0 Å². The van der Waals surface area contributed by atoms with E-state index < -0.39 is 0 Å². The fraction of sp³-hybridized carbons (Fsp3) is 0.545. The number of guanidine groups is 1. The number of nitrogens with one attached hydrogen (secondary N) is 1. The molecule has 1 aliphatic rings. The molecular formula is C22H33N5O. The Kier molecular flexibility index (Phi) is 6.39. The summed E-state index contributed by atoms with van der Waals surface area (Å²) in [5, 5.41) is 3.39. The largest absolute Gasteiger partial charge is 0.443 e. The van der Waals surface area contributed by atoms with E-state index >= 15 is 0 Å². The van der Waals surface area contributed by atoms with Crippen molar-refractivity contribution in [2.45, 2.75) is 46.2 Å². The molecule has 2 heterocycles. The first kappa shape index (κ1) is 20.4. The van der Waals surface area contributed by atoms with E-state index in [1.165, 1.54) is 11.1 Å². The first-order valence-corrected chi connectivity index (χ1v) is 10.0. The van der Waals surface area contributed by atoms with Crippen molar-refractivity contribution in [3.8, 4) is 0 Å². The SMILES string of the molecule is CN=C(NCc1ncc(C(C)(C)C)o1)N1CCN(Cc2cccc(C)c2)CC1. The summed E-state index contributed by atoms with van der Waals surface area (Å²) >= 11 is 0. The summed E-state index contributed by atoms with van der Waals surface area (Å²) in [6.45, 7) is 14.1. The number of aliphatic imine (C=N–C) groups is 1. The van der Waals surface area contributed by atoms with E-state index in [4.69, 9.17) is 4.42 Å². The Hall–Kier alpha value is -2.34. The Morgan fingerprint density at radius 1 is 1.21 bits per heavy atom. The highest BCUT2D eigenvalue weighted by Gasteiger charge is 2.21. The number of aromatic nitrogens is 1. The van der Waals surface area contributed by atoms with E-state index in [0.29, 0.717) is 12.4 Å². The monoisotopic (exact) mass is 383 g/mol. The number of rotatable bonds is 4. The molecule has 0 atom stereocenters. The molecule has 3 rings (SSSR count). The van der Waals surface area contributed by atoms with E-state index in [9.17, 15) is 0 Å². The van der Waals surface area contributed by atoms with Gasteiger partial charge in [0.1, 0.15) is 5.76 Å². The third kappa shape index (κ3) is 5.35. The number of aryl methyl sites for hydroxylation is 1. The Labute approximate surface area is 168 Å². The Morgan fingerprint density at radius 3 is 2.57 bits per heavy atom. The number of benzene rings is 1. The second kappa shape index (κ2) is 8.78. The van der Waals surface area contributed by atoms with Gasteiger partial charge in [-0.3, -0.25) is 9.89 Å². The zero-order valence-electron chi connectivity index (χ0n) is 17.8. The number of piperazine rings is 1. The lowest BCUT2D eigenvalue weighted by molar-refractivity contribution is 0.172. The lowest BCUT2D eigenvalue weighted by Crippen LogP contribution is -2.52. The second-order valence-electron chi connectivity index (χ2n) is 8.52. The molecule has 28 heavy (non-hydrogen) atoms. The fourth-order valence-corrected chi connectivity index (χ4v) is 3.41. The molecule has 152 valence electrons. The molecule has 1 N–H and O–H groups in total. The van der Waals surface area contributed by atoms with Crippen LogP contribution in [0.4, 0.5) is 0 Å². The molecule has 0 spiro atoms. The molecule has 0 amide bonds. The zero-order chi connectivity index (χ0) is 20.1. The van der Waals surface area contributed by atoms with Gasteiger partial charge in [-0.25, -0.2) is 4.98 Å². The average Bonchev–Trinajstić information content (AvgIpc) is 3.13. The summed E-state index contributed by atoms with van der Waals surface area (Å²) in [6.07, 6.45) is 1.82. The average molecular weight is 384 g/mol. The molecule has 6 nitrogen and oxygen atoms in total. The van der Waals surface area contributed by atoms with Gasteiger partial charge in [0.05, 0.1) is 12.7 Å². The molecule has 1 fully saturated rings. The maximum atomic E-state index is 5.87. The van der Waals surface area contributed by atoms with Crippen molar-refractivity contribution in [1.29, 1.82) is 0 Å². The molecule has 0 radical (unpaired) electrons. The van der Waals surface area contributed by atoms with Gasteiger partial charge in [0.2, 0.25) is 5.89 Å². The molecular weight excluding hydrogens is 350 g/mol. The number of hydrogen-bond donors (Lipinski definition) is 1. The van der Waals surface area contributed by atoms with Crippen molar-refractivity contribution in [2.24, 2.45) is 4.99 Å². The molecule has 0 aliphatic carbocycles. The van der Waals surface area contributed by atoms with Gasteiger partial charge in [-0.05, 0) is 12.5 Å². The normalized spacial score (nSPS) is 16.5. The van der Waals surface area contributed by atoms with Gasteiger partial charge in [0.15, 0.2) is 5.96 Å². The molecule has 1 saturated heterocycles. The van der Waals surface area contributed by atoms with Crippen molar-refractivity contribution in [1.82, 2.24) is 20.1 Å². The van der Waals surface area contributed by atoms with Crippen LogP contribution in [-0.4, -0.2) is 54.0 Å². The van der Waals surface area contributed by atoms with Crippen LogP contribution in [-0.2, 0) is 18.5 Å². The van der Waals surface area contributed by atoms with E-state index in [-0.39, 0.29) is 5.41 Å². The number of nitrogens with zero attached hydrogens (tertiary/aromatic N) is 4. The van der Waals surface area contributed by atoms with Crippen LogP contribution in [0.2, 0.25) is 0 Å². The minimum atomic E-state index is -0.0272. The minimum absolute atomic E-state index is 0.0272. The highest BCUT2D eigenvalue weighted by Crippen LogP contribution is 2.22. The van der Waals surface area contributed by atoms with Crippen molar-refractivity contribution in [3.05, 3.63) is 53.2 Å². The van der Waals surface area contributed by atoms with Crippen LogP contribution >= 0.6 is 0 Å². The molecule has 6 heteroatoms. The first-order chi connectivity index (χ1) is 13.3. The highest BCUT2D eigenvalue weighted by molar-refractivity contribution is 5.79. The third-order valence-electron chi connectivity index (χ3n) is 5.06. The van der Waals surface area contributed by atoms with Crippen LogP contribution in [0.1, 0.15) is 43.5 Å². The maximum Gasteiger partial charge on any atom is 0.213 e. The second-order valence-corrected chi connectivity index (χ2v) is 8.52. The molecule has 0 unspecified atom stereocenters. The van der Waals surface area contributed by atoms with Gasteiger partial charge in [0, 0.05) is 45.2 Å². The maximum absolute atomic E-state index is 5.87. The van der Waals surface area contributed by atoms with Crippen LogP contribution < -0.4 is 5.32 Å². The Bertz CT molecular complexity index is 797. The van der Waals surface area contributed by atoms with Gasteiger partial charge in [0.25, 0.3) is 0 Å². The van der Waals surface area contributed by atoms with Crippen LogP contribution in [0, 0.1) is 6.92 Å². The summed E-state index contributed by atoms with van der Waals surface area (Å²) in [5.74, 6) is 2.51. The standard InChI is InChI=1S/C22H33N5O/c1-17-7-6-8-18(13-17)16-26-9-11-27(12-10-26)21(23-5)25-15-20-24-14-19(28-20)22(2,3)4/h6-8,13-14H,9-12,15-16H2,1-5H3,(H,23,25). The summed E-state index contributed by atoms with van der Waals surface area (Å²) in [6, 6.07) is 8.77. The smallest absolute Gasteiger partial charge is 0.213 e. The summed E-state index contributed by atoms with van der Waals surface area (Å²) < 4.78 is 5.87. The van der Waals surface area contributed by atoms with Crippen molar-refractivity contribution in [3.63, 3.8) is 0 Å². The van der Waals surface area contributed by atoms with Crippen molar-refractivity contribution >= 4 is 5.96 Å². The Morgan fingerprint density at radius 2 is 1.96 bits per heavy atom. The van der Waals surface area contributed by atoms with E-state index in [1.54, 1.807) is 0 Å². The number of oxazole rings is 1. The first-order valence-electron chi connectivity index (χ1n) is 10.0. The lowest BCUT2D eigenvalue weighted by atomic mass is 9.94. The fourth-order valence-electron chi connectivity index (χ4n) is 3.41. The molecule has 2 aromatic rings. The topological polar surface area (TPSA) is 56.9 Å². The summed E-state index contributed by atoms with van der Waals surface area (Å²) in [7, 11) is 1.83. The van der Waals surface area contributed by atoms with Gasteiger partial charge >= 0.3 is 0 Å². The van der Waals surface area contributed by atoms with E-state index in [2.05, 4.69) is 77.1 Å². The lowest BCUT2D eigenvalue weighted by Gasteiger charge is -2.36. The number of hydrogen-bond acceptors (Lipinski definition) is 4. The summed E-state index contributed by atoms with van der Waals surface area (Å²) in [5.41, 5.74) is 2.68. The molecule has 1 aromatic carbocycles. The molecule has 1 aliphatic heterocycles. The molecule has 1 aromatic heterocycles. The van der Waals surface area contributed by atoms with E-state index in [0.717, 1.165) is 44.4 Å². The minimum Gasteiger partial charge on any atom is -0.443 e. The summed E-state index contributed by atoms with van der Waals surface area (Å²) in [4.78, 5) is 13.6. The van der Waals surface area contributed by atoms with Crippen LogP contribution in [0.15, 0.2) is 39.9 Å².